The molecule has 3 rings (SSSR count). The first-order chi connectivity index (χ1) is 13.5. The fourth-order valence-corrected chi connectivity index (χ4v) is 2.67. The first kappa shape index (κ1) is 19.9. The highest BCUT2D eigenvalue weighted by atomic mass is 79.9. The number of aryl methyl sites for hydroxylation is 1. The van der Waals surface area contributed by atoms with Gasteiger partial charge >= 0.3 is 6.03 Å². The van der Waals surface area contributed by atoms with Crippen molar-refractivity contribution in [2.45, 2.75) is 20.0 Å². The summed E-state index contributed by atoms with van der Waals surface area (Å²) in [6, 6.07) is 14.9. The number of carbonyl (C=O) groups excluding carboxylic acids is 1. The largest absolute Gasteiger partial charge is 0.484 e. The van der Waals surface area contributed by atoms with Gasteiger partial charge in [0.2, 0.25) is 0 Å². The molecule has 0 radical (unpaired) electrons. The Morgan fingerprint density at radius 1 is 1.25 bits per heavy atom. The highest BCUT2D eigenvalue weighted by Crippen LogP contribution is 2.20. The van der Waals surface area contributed by atoms with E-state index in [2.05, 4.69) is 31.4 Å². The molecule has 1 heterocycles. The van der Waals surface area contributed by atoms with Gasteiger partial charge in [-0.25, -0.2) is 4.79 Å². The summed E-state index contributed by atoms with van der Waals surface area (Å²) >= 11 is 3.45. The maximum Gasteiger partial charge on any atom is 0.321 e. The number of para-hydroxylation sites is 1. The van der Waals surface area contributed by atoms with E-state index in [9.17, 15) is 4.79 Å². The van der Waals surface area contributed by atoms with E-state index in [0.717, 1.165) is 21.5 Å². The second kappa shape index (κ2) is 9.36. The van der Waals surface area contributed by atoms with Gasteiger partial charge in [0, 0.05) is 30.2 Å². The smallest absolute Gasteiger partial charge is 0.321 e. The molecule has 7 nitrogen and oxygen atoms in total. The molecule has 1 N–H and O–H groups in total. The Balaban J connectivity index is 1.46. The number of hydrogen-bond donors (Lipinski definition) is 1. The van der Waals surface area contributed by atoms with Gasteiger partial charge < -0.3 is 19.5 Å². The average Bonchev–Trinajstić information content (AvgIpc) is 3.16. The summed E-state index contributed by atoms with van der Waals surface area (Å²) in [4.78, 5) is 18.2. The van der Waals surface area contributed by atoms with Crippen molar-refractivity contribution in [3.63, 3.8) is 0 Å². The van der Waals surface area contributed by atoms with Crippen molar-refractivity contribution in [2.75, 3.05) is 18.9 Å². The van der Waals surface area contributed by atoms with Crippen molar-refractivity contribution < 1.29 is 14.1 Å². The maximum absolute atomic E-state index is 12.3. The van der Waals surface area contributed by atoms with Crippen LogP contribution in [-0.2, 0) is 13.0 Å². The molecule has 3 aromatic rings. The second-order valence-electron chi connectivity index (χ2n) is 6.27. The Hall–Kier alpha value is -2.87. The summed E-state index contributed by atoms with van der Waals surface area (Å²) in [5.74, 6) is 1.67. The van der Waals surface area contributed by atoms with Crippen LogP contribution in [0.15, 0.2) is 57.5 Å². The third-order valence-electron chi connectivity index (χ3n) is 4.04. The Labute approximate surface area is 171 Å². The minimum Gasteiger partial charge on any atom is -0.484 e. The van der Waals surface area contributed by atoms with E-state index in [4.69, 9.17) is 9.26 Å². The standard InChI is InChI=1S/C20H21BrN4O3/c1-14-12-15(8-9-17(14)21)22-20(26)25(2)11-10-18-23-19(28-24-18)13-27-16-6-4-3-5-7-16/h3-9,12H,10-11,13H2,1-2H3,(H,22,26). The first-order valence-electron chi connectivity index (χ1n) is 8.79. The number of nitrogens with zero attached hydrogens (tertiary/aromatic N) is 3. The molecule has 2 amide bonds. The van der Waals surface area contributed by atoms with E-state index in [-0.39, 0.29) is 12.6 Å². The van der Waals surface area contributed by atoms with Gasteiger partial charge in [0.05, 0.1) is 0 Å². The number of aromatic nitrogens is 2. The SMILES string of the molecule is Cc1cc(NC(=O)N(C)CCc2noc(COc3ccccc3)n2)ccc1Br. The van der Waals surface area contributed by atoms with Gasteiger partial charge in [0.15, 0.2) is 12.4 Å². The van der Waals surface area contributed by atoms with E-state index in [1.807, 2.05) is 55.5 Å². The van der Waals surface area contributed by atoms with Crippen molar-refractivity contribution >= 4 is 27.6 Å². The number of halogens is 1. The molecule has 0 atom stereocenters. The molecule has 2 aromatic carbocycles. The van der Waals surface area contributed by atoms with E-state index in [1.165, 1.54) is 0 Å². The highest BCUT2D eigenvalue weighted by molar-refractivity contribution is 9.10. The number of likely N-dealkylation sites (N-methyl/N-ethyl adjacent to an activating group) is 1. The van der Waals surface area contributed by atoms with Crippen LogP contribution in [-0.4, -0.2) is 34.7 Å². The molecule has 0 saturated heterocycles. The minimum absolute atomic E-state index is 0.196. The molecule has 0 unspecified atom stereocenters. The number of nitrogens with one attached hydrogen (secondary N) is 1. The lowest BCUT2D eigenvalue weighted by Gasteiger charge is -2.17. The number of carbonyl (C=O) groups is 1. The van der Waals surface area contributed by atoms with Gasteiger partial charge in [-0.05, 0) is 42.8 Å². The van der Waals surface area contributed by atoms with Crippen LogP contribution in [0, 0.1) is 6.92 Å². The Bertz CT molecular complexity index is 930. The molecule has 28 heavy (non-hydrogen) atoms. The summed E-state index contributed by atoms with van der Waals surface area (Å²) in [7, 11) is 1.72. The number of benzene rings is 2. The Kier molecular flexibility index (Phi) is 6.65. The lowest BCUT2D eigenvalue weighted by Crippen LogP contribution is -2.33. The van der Waals surface area contributed by atoms with Crippen LogP contribution < -0.4 is 10.1 Å². The molecule has 8 heteroatoms. The van der Waals surface area contributed by atoms with Crippen LogP contribution in [0.3, 0.4) is 0 Å². The predicted molar refractivity (Wildman–Crippen MR) is 109 cm³/mol. The summed E-state index contributed by atoms with van der Waals surface area (Å²) in [6.45, 7) is 2.63. The highest BCUT2D eigenvalue weighted by Gasteiger charge is 2.12. The van der Waals surface area contributed by atoms with E-state index in [1.54, 1.807) is 11.9 Å². The first-order valence-corrected chi connectivity index (χ1v) is 9.58. The summed E-state index contributed by atoms with van der Waals surface area (Å²) in [5, 5.41) is 6.81. The number of anilines is 1. The molecule has 0 aliphatic rings. The molecule has 0 spiro atoms. The fraction of sp³-hybridized carbons (Fsp3) is 0.250. The third-order valence-corrected chi connectivity index (χ3v) is 4.93. The van der Waals surface area contributed by atoms with Gasteiger partial charge in [0.1, 0.15) is 5.75 Å². The molecule has 146 valence electrons. The summed E-state index contributed by atoms with van der Waals surface area (Å²) in [5.41, 5.74) is 1.80. The number of urea groups is 1. The van der Waals surface area contributed by atoms with Crippen molar-refractivity contribution in [1.82, 2.24) is 15.0 Å². The van der Waals surface area contributed by atoms with Crippen LogP contribution in [0.2, 0.25) is 0 Å². The molecule has 0 saturated carbocycles. The second-order valence-corrected chi connectivity index (χ2v) is 7.13. The van der Waals surface area contributed by atoms with Crippen molar-refractivity contribution in [3.05, 3.63) is 70.3 Å². The summed E-state index contributed by atoms with van der Waals surface area (Å²) in [6.07, 6.45) is 0.484. The van der Waals surface area contributed by atoms with E-state index < -0.39 is 0 Å². The Morgan fingerprint density at radius 3 is 2.79 bits per heavy atom. The molecular weight excluding hydrogens is 424 g/mol. The van der Waals surface area contributed by atoms with Gasteiger partial charge in [-0.1, -0.05) is 39.3 Å². The van der Waals surface area contributed by atoms with Crippen molar-refractivity contribution in [2.24, 2.45) is 0 Å². The molecule has 1 aromatic heterocycles. The number of rotatable bonds is 7. The van der Waals surface area contributed by atoms with Gasteiger partial charge in [0.25, 0.3) is 5.89 Å². The molecule has 0 fully saturated rings. The lowest BCUT2D eigenvalue weighted by atomic mass is 10.2. The zero-order valence-electron chi connectivity index (χ0n) is 15.7. The molecular formula is C20H21BrN4O3. The van der Waals surface area contributed by atoms with Gasteiger partial charge in [-0.2, -0.15) is 4.98 Å². The predicted octanol–water partition coefficient (Wildman–Crippen LogP) is 4.43. The zero-order valence-corrected chi connectivity index (χ0v) is 17.3. The van der Waals surface area contributed by atoms with Crippen LogP contribution in [0.5, 0.6) is 5.75 Å². The van der Waals surface area contributed by atoms with Crippen LogP contribution in [0.25, 0.3) is 0 Å². The third kappa shape index (κ3) is 5.56. The number of hydrogen-bond acceptors (Lipinski definition) is 5. The normalized spacial score (nSPS) is 10.5. The maximum atomic E-state index is 12.3. The van der Waals surface area contributed by atoms with Crippen LogP contribution in [0.1, 0.15) is 17.3 Å². The van der Waals surface area contributed by atoms with Crippen molar-refractivity contribution in [3.8, 4) is 5.75 Å². The number of amides is 2. The van der Waals surface area contributed by atoms with Crippen LogP contribution in [0.4, 0.5) is 10.5 Å². The lowest BCUT2D eigenvalue weighted by molar-refractivity contribution is 0.222. The molecule has 0 bridgehead atoms. The fourth-order valence-electron chi connectivity index (χ4n) is 2.42. The monoisotopic (exact) mass is 444 g/mol. The van der Waals surface area contributed by atoms with Crippen LogP contribution >= 0.6 is 15.9 Å². The quantitative estimate of drug-likeness (QED) is 0.582. The van der Waals surface area contributed by atoms with Crippen molar-refractivity contribution in [1.29, 1.82) is 0 Å². The summed E-state index contributed by atoms with van der Waals surface area (Å²) < 4.78 is 11.8. The average molecular weight is 445 g/mol. The van der Waals surface area contributed by atoms with E-state index >= 15 is 0 Å². The van der Waals surface area contributed by atoms with Gasteiger partial charge in [-0.3, -0.25) is 0 Å². The topological polar surface area (TPSA) is 80.5 Å². The molecule has 0 aliphatic carbocycles. The number of ether oxygens (including phenoxy) is 1. The zero-order chi connectivity index (χ0) is 19.9. The minimum atomic E-state index is -0.196. The molecule has 0 aliphatic heterocycles. The van der Waals surface area contributed by atoms with Gasteiger partial charge in [-0.15, -0.1) is 0 Å². The Morgan fingerprint density at radius 2 is 2.04 bits per heavy atom. The van der Waals surface area contributed by atoms with E-state index in [0.29, 0.717) is 24.7 Å².